The van der Waals surface area contributed by atoms with Crippen molar-refractivity contribution in [2.75, 3.05) is 0 Å². The van der Waals surface area contributed by atoms with E-state index >= 15 is 0 Å². The van der Waals surface area contributed by atoms with Gasteiger partial charge in [-0.2, -0.15) is 0 Å². The van der Waals surface area contributed by atoms with Crippen LogP contribution in [0.5, 0.6) is 0 Å². The molecule has 4 rings (SSSR count). The monoisotopic (exact) mass is 1020 g/mol. The minimum Gasteiger partial charge on any atom is -0.299 e. The Morgan fingerprint density at radius 1 is 0.288 bits per heavy atom. The van der Waals surface area contributed by atoms with Gasteiger partial charge < -0.3 is 0 Å². The van der Waals surface area contributed by atoms with Gasteiger partial charge in [0.1, 0.15) is 46.3 Å². The lowest BCUT2D eigenvalue weighted by atomic mass is 9.66. The van der Waals surface area contributed by atoms with E-state index in [1.165, 1.54) is 0 Å². The van der Waals surface area contributed by atoms with Crippen molar-refractivity contribution in [1.29, 1.82) is 0 Å². The predicted molar refractivity (Wildman–Crippen MR) is 302 cm³/mol. The molecule has 8 heteroatoms. The van der Waals surface area contributed by atoms with E-state index in [-0.39, 0.29) is 95.8 Å². The van der Waals surface area contributed by atoms with Crippen LogP contribution in [0.2, 0.25) is 0 Å². The summed E-state index contributed by atoms with van der Waals surface area (Å²) in [5, 5.41) is 0. The van der Waals surface area contributed by atoms with Crippen molar-refractivity contribution < 1.29 is 38.4 Å². The van der Waals surface area contributed by atoms with Gasteiger partial charge in [0, 0.05) is 91.7 Å². The van der Waals surface area contributed by atoms with Crippen LogP contribution in [-0.2, 0) is 38.4 Å². The topological polar surface area (TPSA) is 137 Å². The highest BCUT2D eigenvalue weighted by molar-refractivity contribution is 5.94. The van der Waals surface area contributed by atoms with E-state index < -0.39 is 0 Å². The fraction of sp³-hybridized carbons (Fsp3) is 0.877. The Kier molecular flexibility index (Phi) is 24.5. The van der Waals surface area contributed by atoms with Crippen LogP contribution in [0.1, 0.15) is 282 Å². The van der Waals surface area contributed by atoms with Gasteiger partial charge in [-0.05, 0) is 76.0 Å². The predicted octanol–water partition coefficient (Wildman–Crippen LogP) is 16.6. The zero-order valence-corrected chi connectivity index (χ0v) is 52.0. The number of carbonyl (C=O) groups is 8. The Morgan fingerprint density at radius 2 is 0.534 bits per heavy atom. The molecule has 0 N–H and O–H groups in total. The van der Waals surface area contributed by atoms with Crippen molar-refractivity contribution in [3.8, 4) is 0 Å². The van der Waals surface area contributed by atoms with Crippen molar-refractivity contribution in [2.45, 2.75) is 282 Å². The Hall–Kier alpha value is -2.64. The van der Waals surface area contributed by atoms with Gasteiger partial charge in [0.25, 0.3) is 0 Å². The number of hydrogen-bond acceptors (Lipinski definition) is 8. The van der Waals surface area contributed by atoms with E-state index in [1.54, 1.807) is 0 Å². The van der Waals surface area contributed by atoms with Crippen LogP contribution in [0.4, 0.5) is 0 Å². The lowest BCUT2D eigenvalue weighted by molar-refractivity contribution is -0.142. The van der Waals surface area contributed by atoms with Crippen LogP contribution in [0.15, 0.2) is 0 Å². The normalized spacial score (nSPS) is 24.2. The summed E-state index contributed by atoms with van der Waals surface area (Å²) in [6.45, 7) is 47.4. The van der Waals surface area contributed by atoms with Crippen LogP contribution >= 0.6 is 0 Å². The smallest absolute Gasteiger partial charge is 0.141 e. The second kappa shape index (κ2) is 26.1. The molecule has 8 nitrogen and oxygen atoms in total. The molecule has 422 valence electrons. The molecule has 0 amide bonds. The van der Waals surface area contributed by atoms with E-state index in [0.29, 0.717) is 47.5 Å². The Labute approximate surface area is 448 Å². The molecule has 4 unspecified atom stereocenters. The molecule has 4 fully saturated rings. The molecule has 0 aromatic carbocycles. The van der Waals surface area contributed by atoms with E-state index in [9.17, 15) is 38.4 Å². The van der Waals surface area contributed by atoms with Gasteiger partial charge in [0.2, 0.25) is 0 Å². The van der Waals surface area contributed by atoms with Crippen LogP contribution in [-0.4, -0.2) is 46.3 Å². The molecule has 4 atom stereocenters. The van der Waals surface area contributed by atoms with Crippen molar-refractivity contribution >= 4 is 46.3 Å². The number of carbonyl (C=O) groups excluding carboxylic acids is 8. The van der Waals surface area contributed by atoms with Gasteiger partial charge in [-0.3, -0.25) is 38.4 Å². The SMILES string of the molecule is CC(C)(C)C(=O)C1CCC(C(=O)C(C)(C)C)CC1.CC(C)(C)C(=O)C1CCCC(C(=O)C(C)(C)C)C1.CC(C)(C)C(=O)C1CCCCC1C(=O)C(C)(C)C.CC(C)(C)C(=O)CC1(CC(=O)C(C)(C)C)CCCC1. The largest absolute Gasteiger partial charge is 0.299 e. The first-order valence-electron chi connectivity index (χ1n) is 28.9. The maximum Gasteiger partial charge on any atom is 0.141 e. The minimum absolute atomic E-state index is 0.0469. The summed E-state index contributed by atoms with van der Waals surface area (Å²) in [4.78, 5) is 98.8. The first-order valence-corrected chi connectivity index (χ1v) is 28.9. The summed E-state index contributed by atoms with van der Waals surface area (Å²) in [5.41, 5.74) is -2.35. The number of rotatable bonds is 10. The number of ketones is 8. The molecule has 0 saturated heterocycles. The first-order chi connectivity index (χ1) is 32.6. The fourth-order valence-electron chi connectivity index (χ4n) is 11.4. The van der Waals surface area contributed by atoms with Gasteiger partial charge in [-0.25, -0.2) is 0 Å². The molecule has 0 heterocycles. The number of Topliss-reactive ketones (excluding diaryl/α,β-unsaturated/α-hetero) is 8. The third-order valence-electron chi connectivity index (χ3n) is 16.2. The van der Waals surface area contributed by atoms with Gasteiger partial charge in [0.15, 0.2) is 0 Å². The third kappa shape index (κ3) is 22.1. The van der Waals surface area contributed by atoms with Crippen LogP contribution in [0, 0.1) is 84.2 Å². The highest BCUT2D eigenvalue weighted by Crippen LogP contribution is 2.47. The van der Waals surface area contributed by atoms with Crippen molar-refractivity contribution in [3.05, 3.63) is 0 Å². The molecule has 73 heavy (non-hydrogen) atoms. The standard InChI is InChI=1S/C17H30O2.3C16H28O2/c1-15(2,3)13(18)11-17(9-7-8-10-17)12-14(19)16(4,5)6;1-15(2,3)13(17)11-7-9-12(10-8-11)14(18)16(4,5)6;1-15(2,3)13(17)11-8-7-9-12(10-11)14(18)16(4,5)6;1-15(2,3)13(17)11-9-7-8-10-12(11)14(18)16(4,5)6/h7-12H2,1-6H3;3*11-12H,7-10H2,1-6H3. The van der Waals surface area contributed by atoms with Gasteiger partial charge >= 0.3 is 0 Å². The second-order valence-electron chi connectivity index (χ2n) is 31.7. The molecule has 4 aliphatic carbocycles. The summed E-state index contributed by atoms with van der Waals surface area (Å²) in [7, 11) is 0. The van der Waals surface area contributed by atoms with Gasteiger partial charge in [0.05, 0.1) is 0 Å². The Balaban J connectivity index is 0.000000487. The number of hydrogen-bond donors (Lipinski definition) is 0. The molecular formula is C65H114O8. The van der Waals surface area contributed by atoms with Crippen LogP contribution < -0.4 is 0 Å². The molecule has 0 aliphatic heterocycles. The van der Waals surface area contributed by atoms with Gasteiger partial charge in [-0.1, -0.05) is 198 Å². The lowest BCUT2D eigenvalue weighted by Gasteiger charge is -2.36. The minimum atomic E-state index is -0.335. The maximum absolute atomic E-state index is 12.5. The fourth-order valence-corrected chi connectivity index (χ4v) is 11.4. The van der Waals surface area contributed by atoms with E-state index in [4.69, 9.17) is 0 Å². The second-order valence-corrected chi connectivity index (χ2v) is 31.7. The molecule has 0 aromatic rings. The average Bonchev–Trinajstić information content (AvgIpc) is 3.70. The van der Waals surface area contributed by atoms with Crippen LogP contribution in [0.3, 0.4) is 0 Å². The molecule has 0 radical (unpaired) electrons. The third-order valence-corrected chi connectivity index (χ3v) is 16.2. The highest BCUT2D eigenvalue weighted by Gasteiger charge is 2.45. The van der Waals surface area contributed by atoms with Crippen LogP contribution in [0.25, 0.3) is 0 Å². The highest BCUT2D eigenvalue weighted by atomic mass is 16.2. The maximum atomic E-state index is 12.5. The molecular weight excluding hydrogens is 909 g/mol. The van der Waals surface area contributed by atoms with Gasteiger partial charge in [-0.15, -0.1) is 0 Å². The Bertz CT molecular complexity index is 1740. The first kappa shape index (κ1) is 68.4. The average molecular weight is 1020 g/mol. The summed E-state index contributed by atoms with van der Waals surface area (Å²) in [6, 6.07) is 0. The van der Waals surface area contributed by atoms with E-state index in [0.717, 1.165) is 103 Å². The molecule has 0 bridgehead atoms. The van der Waals surface area contributed by atoms with E-state index in [2.05, 4.69) is 0 Å². The summed E-state index contributed by atoms with van der Waals surface area (Å²) in [6.07, 6.45) is 16.8. The zero-order valence-electron chi connectivity index (χ0n) is 52.0. The quantitative estimate of drug-likeness (QED) is 0.211. The van der Waals surface area contributed by atoms with Crippen molar-refractivity contribution in [2.24, 2.45) is 84.2 Å². The summed E-state index contributed by atoms with van der Waals surface area (Å²) >= 11 is 0. The Morgan fingerprint density at radius 3 is 0.767 bits per heavy atom. The van der Waals surface area contributed by atoms with Crippen molar-refractivity contribution in [1.82, 2.24) is 0 Å². The summed E-state index contributed by atoms with van der Waals surface area (Å²) < 4.78 is 0. The zero-order chi connectivity index (χ0) is 57.3. The lowest BCUT2D eigenvalue weighted by Crippen LogP contribution is -2.42. The van der Waals surface area contributed by atoms with E-state index in [1.807, 2.05) is 166 Å². The summed E-state index contributed by atoms with van der Waals surface area (Å²) in [5.74, 6) is 2.96. The molecule has 0 aromatic heterocycles. The molecule has 4 saturated carbocycles. The molecule has 0 spiro atoms. The van der Waals surface area contributed by atoms with Crippen molar-refractivity contribution in [3.63, 3.8) is 0 Å². The molecule has 4 aliphatic rings.